The van der Waals surface area contributed by atoms with E-state index in [-0.39, 0.29) is 5.56 Å². The van der Waals surface area contributed by atoms with Crippen molar-refractivity contribution in [1.29, 1.82) is 0 Å². The van der Waals surface area contributed by atoms with Gasteiger partial charge in [-0.25, -0.2) is 8.78 Å². The van der Waals surface area contributed by atoms with Crippen molar-refractivity contribution >= 4 is 0 Å². The smallest absolute Gasteiger partial charge is 0.207 e. The maximum absolute atomic E-state index is 13.6. The lowest BCUT2D eigenvalue weighted by atomic mass is 9.90. The van der Waals surface area contributed by atoms with Gasteiger partial charge in [-0.3, -0.25) is 0 Å². The average molecular weight is 272 g/mol. The Hall–Kier alpha value is -1.91. The normalized spacial score (nSPS) is 13.3. The van der Waals surface area contributed by atoms with Gasteiger partial charge in [-0.05, 0) is 23.8 Å². The predicted octanol–water partition coefficient (Wildman–Crippen LogP) is 4.66. The van der Waals surface area contributed by atoms with Gasteiger partial charge in [-0.1, -0.05) is 30.3 Å². The molecule has 100 valence electrons. The highest BCUT2D eigenvalue weighted by molar-refractivity contribution is 5.35. The van der Waals surface area contributed by atoms with Crippen molar-refractivity contribution in [3.63, 3.8) is 0 Å². The highest BCUT2D eigenvalue weighted by Gasteiger charge is 2.43. The third-order valence-corrected chi connectivity index (χ3v) is 2.73. The SMILES string of the molecule is Fc1ccc(F)c(C(c2ccccc2)C(F)(F)F)c1. The maximum atomic E-state index is 13.6. The monoisotopic (exact) mass is 272 g/mol. The van der Waals surface area contributed by atoms with Crippen molar-refractivity contribution in [3.05, 3.63) is 71.3 Å². The number of hydrogen-bond donors (Lipinski definition) is 0. The fourth-order valence-electron chi connectivity index (χ4n) is 1.93. The van der Waals surface area contributed by atoms with Gasteiger partial charge in [0.15, 0.2) is 0 Å². The quantitative estimate of drug-likeness (QED) is 0.697. The largest absolute Gasteiger partial charge is 0.399 e. The Morgan fingerprint density at radius 2 is 1.47 bits per heavy atom. The van der Waals surface area contributed by atoms with Crippen LogP contribution in [0.1, 0.15) is 17.0 Å². The number of alkyl halides is 3. The van der Waals surface area contributed by atoms with Crippen molar-refractivity contribution in [2.75, 3.05) is 0 Å². The molecule has 0 spiro atoms. The van der Waals surface area contributed by atoms with Crippen LogP contribution in [0.5, 0.6) is 0 Å². The molecule has 2 aromatic rings. The van der Waals surface area contributed by atoms with Gasteiger partial charge >= 0.3 is 6.18 Å². The second-order valence-electron chi connectivity index (χ2n) is 4.05. The van der Waals surface area contributed by atoms with Gasteiger partial charge in [0.25, 0.3) is 0 Å². The molecular formula is C14H9F5. The van der Waals surface area contributed by atoms with Crippen LogP contribution >= 0.6 is 0 Å². The summed E-state index contributed by atoms with van der Waals surface area (Å²) < 4.78 is 66.0. The summed E-state index contributed by atoms with van der Waals surface area (Å²) in [5.74, 6) is -4.15. The van der Waals surface area contributed by atoms with Crippen LogP contribution in [0.15, 0.2) is 48.5 Å². The predicted molar refractivity (Wildman–Crippen MR) is 60.7 cm³/mol. The Labute approximate surface area is 106 Å². The van der Waals surface area contributed by atoms with Crippen LogP contribution in [0.25, 0.3) is 0 Å². The molecular weight excluding hydrogens is 263 g/mol. The van der Waals surface area contributed by atoms with Gasteiger partial charge in [0.1, 0.15) is 17.6 Å². The van der Waals surface area contributed by atoms with Gasteiger partial charge in [0.2, 0.25) is 0 Å². The molecule has 0 nitrogen and oxygen atoms in total. The third-order valence-electron chi connectivity index (χ3n) is 2.73. The van der Waals surface area contributed by atoms with Crippen LogP contribution in [0.2, 0.25) is 0 Å². The van der Waals surface area contributed by atoms with Crippen molar-refractivity contribution in [3.8, 4) is 0 Å². The molecule has 0 saturated carbocycles. The molecule has 0 fully saturated rings. The number of benzene rings is 2. The first kappa shape index (κ1) is 13.5. The first-order valence-electron chi connectivity index (χ1n) is 5.46. The molecule has 0 amide bonds. The van der Waals surface area contributed by atoms with Gasteiger partial charge in [-0.2, -0.15) is 13.2 Å². The molecule has 0 aliphatic rings. The molecule has 0 aliphatic carbocycles. The van der Waals surface area contributed by atoms with Crippen LogP contribution in [-0.4, -0.2) is 6.18 Å². The van der Waals surface area contributed by atoms with E-state index in [2.05, 4.69) is 0 Å². The van der Waals surface area contributed by atoms with Crippen molar-refractivity contribution in [2.24, 2.45) is 0 Å². The summed E-state index contributed by atoms with van der Waals surface area (Å²) in [4.78, 5) is 0. The van der Waals surface area contributed by atoms with Crippen molar-refractivity contribution in [2.45, 2.75) is 12.1 Å². The zero-order valence-electron chi connectivity index (χ0n) is 9.59. The Kier molecular flexibility index (Phi) is 3.55. The molecule has 0 bridgehead atoms. The standard InChI is InChI=1S/C14H9F5/c15-10-6-7-12(16)11(8-10)13(14(17,18)19)9-4-2-1-3-5-9/h1-8,13H. The molecule has 1 unspecified atom stereocenters. The van der Waals surface area contributed by atoms with Crippen LogP contribution in [-0.2, 0) is 0 Å². The van der Waals surface area contributed by atoms with E-state index in [0.717, 1.165) is 6.07 Å². The second kappa shape index (κ2) is 4.99. The van der Waals surface area contributed by atoms with E-state index in [0.29, 0.717) is 12.1 Å². The molecule has 0 N–H and O–H groups in total. The van der Waals surface area contributed by atoms with Gasteiger partial charge in [0, 0.05) is 5.56 Å². The van der Waals surface area contributed by atoms with E-state index in [1.165, 1.54) is 24.3 Å². The molecule has 2 aromatic carbocycles. The highest BCUT2D eigenvalue weighted by atomic mass is 19.4. The summed E-state index contributed by atoms with van der Waals surface area (Å²) in [5, 5.41) is 0. The summed E-state index contributed by atoms with van der Waals surface area (Å²) in [5.41, 5.74) is -0.835. The first-order valence-corrected chi connectivity index (χ1v) is 5.46. The molecule has 0 aliphatic heterocycles. The van der Waals surface area contributed by atoms with Gasteiger partial charge in [-0.15, -0.1) is 0 Å². The van der Waals surface area contributed by atoms with Crippen molar-refractivity contribution < 1.29 is 22.0 Å². The summed E-state index contributed by atoms with van der Waals surface area (Å²) in [6.07, 6.45) is -4.70. The van der Waals surface area contributed by atoms with E-state index >= 15 is 0 Å². The zero-order chi connectivity index (χ0) is 14.0. The van der Waals surface area contributed by atoms with E-state index in [4.69, 9.17) is 0 Å². The maximum Gasteiger partial charge on any atom is 0.399 e. The summed E-state index contributed by atoms with van der Waals surface area (Å²) in [6, 6.07) is 8.95. The fraction of sp³-hybridized carbons (Fsp3) is 0.143. The zero-order valence-corrected chi connectivity index (χ0v) is 9.59. The second-order valence-corrected chi connectivity index (χ2v) is 4.05. The van der Waals surface area contributed by atoms with Gasteiger partial charge in [0.05, 0.1) is 0 Å². The number of halogens is 5. The summed E-state index contributed by atoms with van der Waals surface area (Å²) in [6.45, 7) is 0. The molecule has 0 radical (unpaired) electrons. The van der Waals surface area contributed by atoms with Gasteiger partial charge < -0.3 is 0 Å². The summed E-state index contributed by atoms with van der Waals surface area (Å²) >= 11 is 0. The molecule has 0 aromatic heterocycles. The topological polar surface area (TPSA) is 0 Å². The minimum Gasteiger partial charge on any atom is -0.207 e. The number of rotatable bonds is 2. The first-order chi connectivity index (χ1) is 8.89. The number of hydrogen-bond acceptors (Lipinski definition) is 0. The van der Waals surface area contributed by atoms with E-state index < -0.39 is 29.3 Å². The minimum atomic E-state index is -4.70. The highest BCUT2D eigenvalue weighted by Crippen LogP contribution is 2.41. The Bertz CT molecular complexity index is 560. The van der Waals surface area contributed by atoms with Crippen LogP contribution < -0.4 is 0 Å². The van der Waals surface area contributed by atoms with E-state index in [9.17, 15) is 22.0 Å². The van der Waals surface area contributed by atoms with Crippen LogP contribution in [0.4, 0.5) is 22.0 Å². The lowest BCUT2D eigenvalue weighted by Gasteiger charge is -2.21. The fourth-order valence-corrected chi connectivity index (χ4v) is 1.93. The van der Waals surface area contributed by atoms with E-state index in [1.54, 1.807) is 6.07 Å². The molecule has 1 atom stereocenters. The average Bonchev–Trinajstić information content (AvgIpc) is 2.33. The Morgan fingerprint density at radius 1 is 0.842 bits per heavy atom. The van der Waals surface area contributed by atoms with E-state index in [1.807, 2.05) is 0 Å². The lowest BCUT2D eigenvalue weighted by Crippen LogP contribution is -2.23. The Balaban J connectivity index is 2.59. The molecule has 0 heterocycles. The lowest BCUT2D eigenvalue weighted by molar-refractivity contribution is -0.141. The molecule has 5 heteroatoms. The molecule has 0 saturated heterocycles. The van der Waals surface area contributed by atoms with Crippen LogP contribution in [0.3, 0.4) is 0 Å². The third kappa shape index (κ3) is 2.92. The Morgan fingerprint density at radius 3 is 2.05 bits per heavy atom. The molecule has 2 rings (SSSR count). The van der Waals surface area contributed by atoms with Crippen molar-refractivity contribution in [1.82, 2.24) is 0 Å². The minimum absolute atomic E-state index is 0.125. The molecule has 19 heavy (non-hydrogen) atoms. The van der Waals surface area contributed by atoms with Crippen LogP contribution in [0, 0.1) is 11.6 Å². The summed E-state index contributed by atoms with van der Waals surface area (Å²) in [7, 11) is 0.